The molecule has 124 valence electrons. The molecule has 8 heteroatoms. The molecule has 0 saturated carbocycles. The first-order valence-electron chi connectivity index (χ1n) is 6.95. The summed E-state index contributed by atoms with van der Waals surface area (Å²) in [4.78, 5) is 24.4. The largest absolute Gasteiger partial charge is 0.497 e. The van der Waals surface area contributed by atoms with Crippen LogP contribution in [-0.2, 0) is 11.2 Å². The number of hydrazine groups is 1. The Morgan fingerprint density at radius 3 is 2.79 bits per heavy atom. The summed E-state index contributed by atoms with van der Waals surface area (Å²) >= 11 is 4.57. The van der Waals surface area contributed by atoms with Crippen LogP contribution in [0.1, 0.15) is 15.2 Å². The molecule has 0 bridgehead atoms. The van der Waals surface area contributed by atoms with Gasteiger partial charge in [-0.2, -0.15) is 0 Å². The van der Waals surface area contributed by atoms with Crippen LogP contribution in [-0.4, -0.2) is 18.9 Å². The summed E-state index contributed by atoms with van der Waals surface area (Å²) in [5.41, 5.74) is 6.17. The quantitative estimate of drug-likeness (QED) is 0.649. The van der Waals surface area contributed by atoms with Gasteiger partial charge in [-0.05, 0) is 40.2 Å². The number of benzene rings is 1. The van der Waals surface area contributed by atoms with Gasteiger partial charge < -0.3 is 9.15 Å². The number of methoxy groups -OCH3 is 1. The van der Waals surface area contributed by atoms with Gasteiger partial charge in [0.1, 0.15) is 11.3 Å². The number of rotatable bonds is 4. The van der Waals surface area contributed by atoms with Crippen LogP contribution in [0.3, 0.4) is 0 Å². The number of amides is 2. The van der Waals surface area contributed by atoms with E-state index in [-0.39, 0.29) is 18.2 Å². The zero-order chi connectivity index (χ0) is 17.1. The molecule has 3 aromatic rings. The average molecular weight is 409 g/mol. The summed E-state index contributed by atoms with van der Waals surface area (Å²) in [6, 6.07) is 8.84. The van der Waals surface area contributed by atoms with Crippen molar-refractivity contribution in [3.63, 3.8) is 0 Å². The lowest BCUT2D eigenvalue weighted by Crippen LogP contribution is -2.42. The number of ether oxygens (including phenoxy) is 1. The van der Waals surface area contributed by atoms with E-state index in [1.54, 1.807) is 31.4 Å². The summed E-state index contributed by atoms with van der Waals surface area (Å²) in [6.45, 7) is 0. The van der Waals surface area contributed by atoms with Crippen LogP contribution in [0, 0.1) is 0 Å². The molecule has 2 aromatic heterocycles. The number of carbonyl (C=O) groups is 2. The fraction of sp³-hybridized carbons (Fsp3) is 0.125. The molecule has 3 rings (SSSR count). The third kappa shape index (κ3) is 3.60. The Bertz CT molecular complexity index is 903. The highest BCUT2D eigenvalue weighted by atomic mass is 79.9. The molecule has 0 aliphatic heterocycles. The molecule has 2 amide bonds. The highest BCUT2D eigenvalue weighted by Crippen LogP contribution is 2.26. The molecule has 24 heavy (non-hydrogen) atoms. The van der Waals surface area contributed by atoms with Crippen molar-refractivity contribution in [2.24, 2.45) is 0 Å². The molecule has 6 nitrogen and oxygen atoms in total. The van der Waals surface area contributed by atoms with E-state index in [4.69, 9.17) is 9.15 Å². The lowest BCUT2D eigenvalue weighted by molar-refractivity contribution is -0.121. The molecule has 0 atom stereocenters. The minimum atomic E-state index is -0.360. The third-order valence-corrected chi connectivity index (χ3v) is 4.95. The monoisotopic (exact) mass is 408 g/mol. The van der Waals surface area contributed by atoms with Gasteiger partial charge in [-0.3, -0.25) is 20.4 Å². The van der Waals surface area contributed by atoms with Crippen LogP contribution in [0.2, 0.25) is 0 Å². The van der Waals surface area contributed by atoms with Gasteiger partial charge in [-0.15, -0.1) is 11.3 Å². The molecule has 0 aliphatic rings. The minimum absolute atomic E-state index is 0.0910. The topological polar surface area (TPSA) is 80.6 Å². The number of furan rings is 1. The first-order valence-corrected chi connectivity index (χ1v) is 8.56. The molecule has 0 saturated heterocycles. The van der Waals surface area contributed by atoms with E-state index < -0.39 is 0 Å². The van der Waals surface area contributed by atoms with Crippen LogP contribution in [0.15, 0.2) is 44.8 Å². The second-order valence-electron chi connectivity index (χ2n) is 4.91. The Labute approximate surface area is 149 Å². The molecule has 0 radical (unpaired) electrons. The summed E-state index contributed by atoms with van der Waals surface area (Å²) in [6.07, 6.45) is 1.62. The van der Waals surface area contributed by atoms with Gasteiger partial charge >= 0.3 is 0 Å². The molecule has 0 aliphatic carbocycles. The maximum atomic E-state index is 12.0. The predicted octanol–water partition coefficient (Wildman–Crippen LogP) is 3.27. The Morgan fingerprint density at radius 1 is 1.25 bits per heavy atom. The molecular formula is C16H13BrN2O4S. The van der Waals surface area contributed by atoms with Crippen molar-refractivity contribution in [1.29, 1.82) is 0 Å². The summed E-state index contributed by atoms with van der Waals surface area (Å²) in [7, 11) is 1.58. The van der Waals surface area contributed by atoms with E-state index in [9.17, 15) is 9.59 Å². The van der Waals surface area contributed by atoms with Crippen LogP contribution in [0.5, 0.6) is 5.75 Å². The molecule has 1 aromatic carbocycles. The number of halogens is 1. The number of fused-ring (bicyclic) bond motifs is 1. The highest BCUT2D eigenvalue weighted by Gasteiger charge is 2.13. The predicted molar refractivity (Wildman–Crippen MR) is 94.1 cm³/mol. The molecular weight excluding hydrogens is 396 g/mol. The van der Waals surface area contributed by atoms with Crippen molar-refractivity contribution >= 4 is 50.1 Å². The van der Waals surface area contributed by atoms with E-state index in [0.29, 0.717) is 16.2 Å². The van der Waals surface area contributed by atoms with Crippen LogP contribution < -0.4 is 15.6 Å². The highest BCUT2D eigenvalue weighted by molar-refractivity contribution is 9.11. The van der Waals surface area contributed by atoms with Crippen molar-refractivity contribution in [2.45, 2.75) is 6.42 Å². The zero-order valence-electron chi connectivity index (χ0n) is 12.6. The molecule has 0 spiro atoms. The van der Waals surface area contributed by atoms with Crippen molar-refractivity contribution < 1.29 is 18.7 Å². The van der Waals surface area contributed by atoms with E-state index >= 15 is 0 Å². The second-order valence-corrected chi connectivity index (χ2v) is 7.37. The summed E-state index contributed by atoms with van der Waals surface area (Å²) in [5.74, 6) is -0.0134. The first-order chi connectivity index (χ1) is 11.6. The smallest absolute Gasteiger partial charge is 0.279 e. The summed E-state index contributed by atoms with van der Waals surface area (Å²) in [5, 5.41) is 0.833. The van der Waals surface area contributed by atoms with Gasteiger partial charge in [0.15, 0.2) is 0 Å². The van der Waals surface area contributed by atoms with Gasteiger partial charge in [-0.1, -0.05) is 0 Å². The SMILES string of the molecule is COc1ccc2c(CC(=O)NNC(=O)c3ccc(Br)s3)coc2c1. The average Bonchev–Trinajstić information content (AvgIpc) is 3.19. The minimum Gasteiger partial charge on any atom is -0.497 e. The number of hydrogen-bond acceptors (Lipinski definition) is 5. The molecule has 0 unspecified atom stereocenters. The Morgan fingerprint density at radius 2 is 2.08 bits per heavy atom. The normalized spacial score (nSPS) is 10.6. The number of hydrogen-bond donors (Lipinski definition) is 2. The number of carbonyl (C=O) groups excluding carboxylic acids is 2. The van der Waals surface area contributed by atoms with Crippen molar-refractivity contribution in [3.8, 4) is 5.75 Å². The third-order valence-electron chi connectivity index (χ3n) is 3.33. The van der Waals surface area contributed by atoms with Crippen molar-refractivity contribution in [3.05, 3.63) is 50.8 Å². The molecule has 2 N–H and O–H groups in total. The van der Waals surface area contributed by atoms with E-state index in [0.717, 1.165) is 14.7 Å². The standard InChI is InChI=1S/C16H13BrN2O4S/c1-22-10-2-3-11-9(8-23-12(11)7-10)6-15(20)18-19-16(21)13-4-5-14(17)24-13/h2-5,7-8H,6H2,1H3,(H,18,20)(H,19,21). The van der Waals surface area contributed by atoms with Gasteiger partial charge in [0.05, 0.1) is 28.5 Å². The fourth-order valence-corrected chi connectivity index (χ4v) is 3.45. The molecule has 2 heterocycles. The number of nitrogens with one attached hydrogen (secondary N) is 2. The maximum absolute atomic E-state index is 12.0. The van der Waals surface area contributed by atoms with Crippen molar-refractivity contribution in [1.82, 2.24) is 10.9 Å². The van der Waals surface area contributed by atoms with E-state index in [2.05, 4.69) is 26.8 Å². The van der Waals surface area contributed by atoms with Crippen LogP contribution >= 0.6 is 27.3 Å². The van der Waals surface area contributed by atoms with Gasteiger partial charge in [0, 0.05) is 17.0 Å². The van der Waals surface area contributed by atoms with E-state index in [1.807, 2.05) is 6.07 Å². The lowest BCUT2D eigenvalue weighted by Gasteiger charge is -2.05. The zero-order valence-corrected chi connectivity index (χ0v) is 15.0. The Balaban J connectivity index is 1.62. The molecule has 0 fully saturated rings. The van der Waals surface area contributed by atoms with Gasteiger partial charge in [0.25, 0.3) is 5.91 Å². The van der Waals surface area contributed by atoms with Gasteiger partial charge in [0.2, 0.25) is 5.91 Å². The van der Waals surface area contributed by atoms with Crippen molar-refractivity contribution in [2.75, 3.05) is 7.11 Å². The van der Waals surface area contributed by atoms with Gasteiger partial charge in [-0.25, -0.2) is 0 Å². The Hall–Kier alpha value is -2.32. The lowest BCUT2D eigenvalue weighted by atomic mass is 10.1. The summed E-state index contributed by atoms with van der Waals surface area (Å²) < 4.78 is 11.4. The number of thiophene rings is 1. The first kappa shape index (κ1) is 16.5. The Kier molecular flexibility index (Phi) is 4.86. The fourth-order valence-electron chi connectivity index (χ4n) is 2.17. The van der Waals surface area contributed by atoms with E-state index in [1.165, 1.54) is 17.6 Å². The van der Waals surface area contributed by atoms with Crippen LogP contribution in [0.25, 0.3) is 11.0 Å². The second kappa shape index (κ2) is 7.06. The van der Waals surface area contributed by atoms with Crippen LogP contribution in [0.4, 0.5) is 0 Å². The maximum Gasteiger partial charge on any atom is 0.279 e.